The second-order valence-corrected chi connectivity index (χ2v) is 7.83. The minimum absolute atomic E-state index is 0.221. The van der Waals surface area contributed by atoms with Crippen molar-refractivity contribution < 1.29 is 14.3 Å². The largest absolute Gasteiger partial charge is 0.462 e. The fraction of sp³-hybridized carbons (Fsp3) is 0.708. The number of benzene rings is 1. The number of hydrogen-bond donors (Lipinski definition) is 0. The molecule has 2 atom stereocenters. The first-order valence-corrected chi connectivity index (χ1v) is 11.2. The smallest absolute Gasteiger partial charge is 0.338 e. The Morgan fingerprint density at radius 2 is 1.37 bits per heavy atom. The molecule has 0 spiro atoms. The SMILES string of the molecule is CCCCCCCCCCCC1OC1CCCCOC(=O)c1ccccc1. The molecule has 0 aliphatic carbocycles. The zero-order chi connectivity index (χ0) is 19.2. The van der Waals surface area contributed by atoms with E-state index in [4.69, 9.17) is 9.47 Å². The van der Waals surface area contributed by atoms with Crippen molar-refractivity contribution in [3.8, 4) is 0 Å². The van der Waals surface area contributed by atoms with Gasteiger partial charge in [0.2, 0.25) is 0 Å². The third kappa shape index (κ3) is 9.95. The van der Waals surface area contributed by atoms with E-state index in [-0.39, 0.29) is 5.97 Å². The quantitative estimate of drug-likeness (QED) is 0.183. The van der Waals surface area contributed by atoms with Gasteiger partial charge >= 0.3 is 5.97 Å². The van der Waals surface area contributed by atoms with Crippen molar-refractivity contribution in [3.63, 3.8) is 0 Å². The summed E-state index contributed by atoms with van der Waals surface area (Å²) in [5.41, 5.74) is 0.629. The third-order valence-electron chi connectivity index (χ3n) is 5.41. The van der Waals surface area contributed by atoms with Crippen LogP contribution in [0.5, 0.6) is 0 Å². The van der Waals surface area contributed by atoms with Gasteiger partial charge in [-0.2, -0.15) is 0 Å². The van der Waals surface area contributed by atoms with Crippen LogP contribution < -0.4 is 0 Å². The zero-order valence-electron chi connectivity index (χ0n) is 17.2. The number of unbranched alkanes of at least 4 members (excludes halogenated alkanes) is 9. The molecule has 1 saturated heterocycles. The van der Waals surface area contributed by atoms with Gasteiger partial charge in [-0.1, -0.05) is 82.9 Å². The molecular weight excluding hydrogens is 336 g/mol. The van der Waals surface area contributed by atoms with Crippen molar-refractivity contribution in [1.29, 1.82) is 0 Å². The molecule has 1 aliphatic heterocycles. The van der Waals surface area contributed by atoms with Gasteiger partial charge in [-0.05, 0) is 37.8 Å². The predicted octanol–water partition coefficient (Wildman–Crippen LogP) is 6.70. The number of ether oxygens (including phenoxy) is 2. The highest BCUT2D eigenvalue weighted by Gasteiger charge is 2.36. The molecule has 1 fully saturated rings. The lowest BCUT2D eigenvalue weighted by Crippen LogP contribution is -2.06. The summed E-state index contributed by atoms with van der Waals surface area (Å²) in [6.45, 7) is 2.78. The Bertz CT molecular complexity index is 500. The van der Waals surface area contributed by atoms with Crippen LogP contribution in [0.15, 0.2) is 30.3 Å². The molecule has 2 unspecified atom stereocenters. The van der Waals surface area contributed by atoms with Gasteiger partial charge in [0.1, 0.15) is 0 Å². The van der Waals surface area contributed by atoms with Crippen LogP contribution in [0, 0.1) is 0 Å². The minimum Gasteiger partial charge on any atom is -0.462 e. The van der Waals surface area contributed by atoms with Crippen molar-refractivity contribution in [3.05, 3.63) is 35.9 Å². The highest BCUT2D eigenvalue weighted by atomic mass is 16.6. The van der Waals surface area contributed by atoms with E-state index in [1.807, 2.05) is 18.2 Å². The summed E-state index contributed by atoms with van der Waals surface area (Å²) >= 11 is 0. The molecule has 0 radical (unpaired) electrons. The standard InChI is InChI=1S/C24H38O3/c1-2-3-4-5-6-7-8-9-13-18-22-23(27-22)19-14-15-20-26-24(25)21-16-11-10-12-17-21/h10-12,16-17,22-23H,2-9,13-15,18-20H2,1H3. The number of esters is 1. The normalized spacial score (nSPS) is 18.4. The third-order valence-corrected chi connectivity index (χ3v) is 5.41. The first-order valence-electron chi connectivity index (χ1n) is 11.2. The van der Waals surface area contributed by atoms with Gasteiger partial charge in [-0.3, -0.25) is 0 Å². The lowest BCUT2D eigenvalue weighted by Gasteiger charge is -2.04. The van der Waals surface area contributed by atoms with Crippen molar-refractivity contribution >= 4 is 5.97 Å². The molecular formula is C24H38O3. The van der Waals surface area contributed by atoms with E-state index in [1.54, 1.807) is 12.1 Å². The summed E-state index contributed by atoms with van der Waals surface area (Å²) < 4.78 is 11.1. The molecule has 1 aromatic rings. The van der Waals surface area contributed by atoms with Gasteiger partial charge in [-0.25, -0.2) is 4.79 Å². The summed E-state index contributed by atoms with van der Waals surface area (Å²) in [6.07, 6.45) is 17.7. The predicted molar refractivity (Wildman–Crippen MR) is 111 cm³/mol. The van der Waals surface area contributed by atoms with E-state index in [1.165, 1.54) is 64.2 Å². The molecule has 0 N–H and O–H groups in total. The Hall–Kier alpha value is -1.35. The maximum absolute atomic E-state index is 11.8. The van der Waals surface area contributed by atoms with E-state index in [0.717, 1.165) is 19.3 Å². The average Bonchev–Trinajstić information content (AvgIpc) is 3.45. The van der Waals surface area contributed by atoms with E-state index in [2.05, 4.69) is 6.92 Å². The van der Waals surface area contributed by atoms with Crippen molar-refractivity contribution in [1.82, 2.24) is 0 Å². The van der Waals surface area contributed by atoms with Crippen molar-refractivity contribution in [2.75, 3.05) is 6.61 Å². The fourth-order valence-corrected chi connectivity index (χ4v) is 3.61. The summed E-state index contributed by atoms with van der Waals surface area (Å²) in [5, 5.41) is 0. The highest BCUT2D eigenvalue weighted by Crippen LogP contribution is 2.31. The van der Waals surface area contributed by atoms with Crippen LogP contribution in [0.3, 0.4) is 0 Å². The molecule has 0 amide bonds. The number of rotatable bonds is 16. The average molecular weight is 375 g/mol. The molecule has 0 saturated carbocycles. The summed E-state index contributed by atoms with van der Waals surface area (Å²) in [7, 11) is 0. The second kappa shape index (κ2) is 13.8. The van der Waals surface area contributed by atoms with Crippen LogP contribution in [0.25, 0.3) is 0 Å². The van der Waals surface area contributed by atoms with Crippen molar-refractivity contribution in [2.24, 2.45) is 0 Å². The Labute approximate surface area is 165 Å². The number of carbonyl (C=O) groups is 1. The van der Waals surface area contributed by atoms with Gasteiger partial charge < -0.3 is 9.47 Å². The van der Waals surface area contributed by atoms with E-state index >= 15 is 0 Å². The Balaban J connectivity index is 1.35. The number of epoxide rings is 1. The zero-order valence-corrected chi connectivity index (χ0v) is 17.2. The maximum atomic E-state index is 11.8. The topological polar surface area (TPSA) is 38.8 Å². The lowest BCUT2D eigenvalue weighted by atomic mass is 10.0. The molecule has 1 aromatic carbocycles. The Morgan fingerprint density at radius 1 is 0.815 bits per heavy atom. The second-order valence-electron chi connectivity index (χ2n) is 7.83. The fourth-order valence-electron chi connectivity index (χ4n) is 3.61. The summed E-state index contributed by atoms with van der Waals surface area (Å²) in [4.78, 5) is 11.8. The monoisotopic (exact) mass is 374 g/mol. The minimum atomic E-state index is -0.221. The molecule has 1 aliphatic rings. The molecule has 0 aromatic heterocycles. The maximum Gasteiger partial charge on any atom is 0.338 e. The molecule has 2 rings (SSSR count). The van der Waals surface area contributed by atoms with Crippen LogP contribution >= 0.6 is 0 Å². The van der Waals surface area contributed by atoms with Gasteiger partial charge in [-0.15, -0.1) is 0 Å². The van der Waals surface area contributed by atoms with E-state index < -0.39 is 0 Å². The molecule has 3 heteroatoms. The van der Waals surface area contributed by atoms with Crippen LogP contribution in [0.1, 0.15) is 101 Å². The van der Waals surface area contributed by atoms with Gasteiger partial charge in [0, 0.05) is 0 Å². The van der Waals surface area contributed by atoms with E-state index in [0.29, 0.717) is 24.4 Å². The molecule has 3 nitrogen and oxygen atoms in total. The molecule has 0 bridgehead atoms. The van der Waals surface area contributed by atoms with Crippen LogP contribution in [0.4, 0.5) is 0 Å². The number of hydrogen-bond acceptors (Lipinski definition) is 3. The van der Waals surface area contributed by atoms with Crippen molar-refractivity contribution in [2.45, 2.75) is 103 Å². The van der Waals surface area contributed by atoms with Crippen LogP contribution in [-0.2, 0) is 9.47 Å². The number of carbonyl (C=O) groups excluding carboxylic acids is 1. The van der Waals surface area contributed by atoms with E-state index in [9.17, 15) is 4.79 Å². The highest BCUT2D eigenvalue weighted by molar-refractivity contribution is 5.89. The van der Waals surface area contributed by atoms with Gasteiger partial charge in [0.25, 0.3) is 0 Å². The van der Waals surface area contributed by atoms with Crippen LogP contribution in [0.2, 0.25) is 0 Å². The first kappa shape index (κ1) is 21.9. The summed E-state index contributed by atoms with van der Waals surface area (Å²) in [6, 6.07) is 9.19. The first-order chi connectivity index (χ1) is 13.3. The molecule has 1 heterocycles. The van der Waals surface area contributed by atoms with Gasteiger partial charge in [0.15, 0.2) is 0 Å². The van der Waals surface area contributed by atoms with Gasteiger partial charge in [0.05, 0.1) is 24.4 Å². The molecule has 152 valence electrons. The Kier molecular flexibility index (Phi) is 11.2. The summed E-state index contributed by atoms with van der Waals surface area (Å²) in [5.74, 6) is -0.221. The van der Waals surface area contributed by atoms with Crippen LogP contribution in [-0.4, -0.2) is 24.8 Å². The Morgan fingerprint density at radius 3 is 2.00 bits per heavy atom. The lowest BCUT2D eigenvalue weighted by molar-refractivity contribution is 0.0497. The molecule has 27 heavy (non-hydrogen) atoms.